The fourth-order valence-corrected chi connectivity index (χ4v) is 3.51. The minimum Gasteiger partial charge on any atom is -0.349 e. The molecule has 114 valence electrons. The molecule has 3 heterocycles. The quantitative estimate of drug-likeness (QED) is 0.902. The van der Waals surface area contributed by atoms with Crippen molar-refractivity contribution in [2.45, 2.75) is 43.8 Å². The van der Waals surface area contributed by atoms with E-state index in [-0.39, 0.29) is 11.9 Å². The third-order valence-corrected chi connectivity index (χ3v) is 4.57. The fourth-order valence-electron chi connectivity index (χ4n) is 3.51. The molecule has 2 aromatic rings. The number of hydrogen-bond donors (Lipinski definition) is 2. The first-order chi connectivity index (χ1) is 10.8. The fraction of sp³-hybridized carbons (Fsp3) is 0.438. The number of aromatic nitrogens is 2. The monoisotopic (exact) mass is 298 g/mol. The van der Waals surface area contributed by atoms with Crippen molar-refractivity contribution in [3.8, 4) is 11.4 Å². The van der Waals surface area contributed by atoms with Gasteiger partial charge in [0.2, 0.25) is 12.2 Å². The minimum absolute atomic E-state index is 0.00837. The first kappa shape index (κ1) is 13.5. The number of benzene rings is 1. The molecule has 0 radical (unpaired) electrons. The van der Waals surface area contributed by atoms with Crippen LogP contribution in [0.1, 0.15) is 36.0 Å². The maximum atomic E-state index is 12.4. The Morgan fingerprint density at radius 2 is 1.91 bits per heavy atom. The maximum Gasteiger partial charge on any atom is 0.251 e. The summed E-state index contributed by atoms with van der Waals surface area (Å²) in [6.07, 6.45) is 5.82. The van der Waals surface area contributed by atoms with E-state index in [9.17, 15) is 4.79 Å². The Labute approximate surface area is 128 Å². The average molecular weight is 298 g/mol. The first-order valence-corrected chi connectivity index (χ1v) is 7.71. The van der Waals surface area contributed by atoms with E-state index in [4.69, 9.17) is 4.52 Å². The van der Waals surface area contributed by atoms with Crippen molar-refractivity contribution < 1.29 is 9.32 Å². The number of carbonyl (C=O) groups is 1. The molecule has 6 heteroatoms. The second-order valence-electron chi connectivity index (χ2n) is 6.11. The standard InChI is InChI=1S/C16H18N4O2/c21-16(19-14-7-12-5-6-13(8-14)18-12)11-3-1-10(2-4-11)15-17-9-22-20-15/h1-4,9,12-14,18H,5-8H2,(H,19,21). The van der Waals surface area contributed by atoms with Gasteiger partial charge in [-0.1, -0.05) is 17.3 Å². The van der Waals surface area contributed by atoms with Crippen LogP contribution in [0.5, 0.6) is 0 Å². The zero-order valence-electron chi connectivity index (χ0n) is 12.2. The Morgan fingerprint density at radius 3 is 2.55 bits per heavy atom. The molecular formula is C16H18N4O2. The van der Waals surface area contributed by atoms with Crippen molar-refractivity contribution in [2.75, 3.05) is 0 Å². The lowest BCUT2D eigenvalue weighted by Crippen LogP contribution is -2.48. The van der Waals surface area contributed by atoms with E-state index >= 15 is 0 Å². The molecular weight excluding hydrogens is 280 g/mol. The van der Waals surface area contributed by atoms with Crippen LogP contribution in [-0.4, -0.2) is 34.2 Å². The van der Waals surface area contributed by atoms with Crippen molar-refractivity contribution in [3.05, 3.63) is 36.2 Å². The van der Waals surface area contributed by atoms with Crippen LogP contribution in [-0.2, 0) is 0 Å². The van der Waals surface area contributed by atoms with Gasteiger partial charge in [-0.15, -0.1) is 0 Å². The Balaban J connectivity index is 1.42. The second kappa shape index (κ2) is 5.53. The van der Waals surface area contributed by atoms with Crippen LogP contribution in [0, 0.1) is 0 Å². The van der Waals surface area contributed by atoms with Gasteiger partial charge in [-0.3, -0.25) is 4.79 Å². The number of nitrogens with one attached hydrogen (secondary N) is 2. The number of amides is 1. The first-order valence-electron chi connectivity index (χ1n) is 7.71. The van der Waals surface area contributed by atoms with Crippen molar-refractivity contribution in [2.24, 2.45) is 0 Å². The average Bonchev–Trinajstić information content (AvgIpc) is 3.17. The predicted octanol–water partition coefficient (Wildman–Crippen LogP) is 1.75. The van der Waals surface area contributed by atoms with Crippen LogP contribution in [0.3, 0.4) is 0 Å². The molecule has 1 aromatic heterocycles. The highest BCUT2D eigenvalue weighted by molar-refractivity contribution is 5.94. The van der Waals surface area contributed by atoms with E-state index in [2.05, 4.69) is 20.8 Å². The van der Waals surface area contributed by atoms with Crippen LogP contribution in [0.25, 0.3) is 11.4 Å². The van der Waals surface area contributed by atoms with Gasteiger partial charge < -0.3 is 15.2 Å². The molecule has 2 aliphatic rings. The van der Waals surface area contributed by atoms with Gasteiger partial charge >= 0.3 is 0 Å². The van der Waals surface area contributed by atoms with Gasteiger partial charge in [-0.05, 0) is 37.8 Å². The van der Waals surface area contributed by atoms with Gasteiger partial charge in [-0.25, -0.2) is 0 Å². The molecule has 4 rings (SSSR count). The lowest BCUT2D eigenvalue weighted by Gasteiger charge is -2.29. The predicted molar refractivity (Wildman–Crippen MR) is 80.2 cm³/mol. The summed E-state index contributed by atoms with van der Waals surface area (Å²) < 4.78 is 4.73. The van der Waals surface area contributed by atoms with Gasteiger partial charge in [-0.2, -0.15) is 4.98 Å². The minimum atomic E-state index is -0.00837. The molecule has 2 atom stereocenters. The largest absolute Gasteiger partial charge is 0.349 e. The zero-order chi connectivity index (χ0) is 14.9. The highest BCUT2D eigenvalue weighted by Crippen LogP contribution is 2.27. The molecule has 2 bridgehead atoms. The normalized spacial score (nSPS) is 26.8. The number of carbonyl (C=O) groups excluding carboxylic acids is 1. The number of fused-ring (bicyclic) bond motifs is 2. The summed E-state index contributed by atoms with van der Waals surface area (Å²) in [6, 6.07) is 8.71. The van der Waals surface area contributed by atoms with Crippen LogP contribution in [0.2, 0.25) is 0 Å². The van der Waals surface area contributed by atoms with E-state index < -0.39 is 0 Å². The smallest absolute Gasteiger partial charge is 0.251 e. The molecule has 0 aliphatic carbocycles. The summed E-state index contributed by atoms with van der Waals surface area (Å²) in [4.78, 5) is 16.4. The van der Waals surface area contributed by atoms with Gasteiger partial charge in [0.05, 0.1) is 0 Å². The van der Waals surface area contributed by atoms with Gasteiger partial charge in [0, 0.05) is 29.3 Å². The Kier molecular flexibility index (Phi) is 3.38. The molecule has 2 aliphatic heterocycles. The lowest BCUT2D eigenvalue weighted by atomic mass is 9.99. The van der Waals surface area contributed by atoms with E-state index in [1.165, 1.54) is 19.2 Å². The van der Waals surface area contributed by atoms with E-state index in [0.717, 1.165) is 18.4 Å². The van der Waals surface area contributed by atoms with E-state index in [1.807, 2.05) is 12.1 Å². The number of nitrogens with zero attached hydrogens (tertiary/aromatic N) is 2. The second-order valence-corrected chi connectivity index (χ2v) is 6.11. The summed E-state index contributed by atoms with van der Waals surface area (Å²) in [5.41, 5.74) is 1.50. The Morgan fingerprint density at radius 1 is 1.18 bits per heavy atom. The Bertz CT molecular complexity index is 641. The lowest BCUT2D eigenvalue weighted by molar-refractivity contribution is 0.0924. The van der Waals surface area contributed by atoms with Crippen molar-refractivity contribution >= 4 is 5.91 Å². The number of rotatable bonds is 3. The van der Waals surface area contributed by atoms with Gasteiger partial charge in [0.25, 0.3) is 5.91 Å². The molecule has 2 saturated heterocycles. The van der Waals surface area contributed by atoms with Crippen molar-refractivity contribution in [1.82, 2.24) is 20.8 Å². The topological polar surface area (TPSA) is 80.0 Å². The van der Waals surface area contributed by atoms with E-state index in [0.29, 0.717) is 23.5 Å². The molecule has 0 saturated carbocycles. The molecule has 0 spiro atoms. The molecule has 1 amide bonds. The zero-order valence-corrected chi connectivity index (χ0v) is 12.2. The third-order valence-electron chi connectivity index (χ3n) is 4.57. The highest BCUT2D eigenvalue weighted by Gasteiger charge is 2.34. The molecule has 22 heavy (non-hydrogen) atoms. The van der Waals surface area contributed by atoms with Crippen molar-refractivity contribution in [1.29, 1.82) is 0 Å². The van der Waals surface area contributed by atoms with Crippen LogP contribution < -0.4 is 10.6 Å². The SMILES string of the molecule is O=C(NC1CC2CCC(C1)N2)c1ccc(-c2ncon2)cc1. The molecule has 2 unspecified atom stereocenters. The summed E-state index contributed by atoms with van der Waals surface area (Å²) in [7, 11) is 0. The molecule has 6 nitrogen and oxygen atoms in total. The highest BCUT2D eigenvalue weighted by atomic mass is 16.5. The van der Waals surface area contributed by atoms with Crippen LogP contribution in [0.4, 0.5) is 0 Å². The summed E-state index contributed by atoms with van der Waals surface area (Å²) in [6.45, 7) is 0. The maximum absolute atomic E-state index is 12.4. The molecule has 2 N–H and O–H groups in total. The summed E-state index contributed by atoms with van der Waals surface area (Å²) in [5.74, 6) is 0.521. The molecule has 2 fully saturated rings. The molecule has 1 aromatic carbocycles. The van der Waals surface area contributed by atoms with Gasteiger partial charge in [0.15, 0.2) is 0 Å². The van der Waals surface area contributed by atoms with Crippen molar-refractivity contribution in [3.63, 3.8) is 0 Å². The Hall–Kier alpha value is -2.21. The third kappa shape index (κ3) is 2.62. The number of hydrogen-bond acceptors (Lipinski definition) is 5. The summed E-state index contributed by atoms with van der Waals surface area (Å²) >= 11 is 0. The number of piperidine rings is 1. The summed E-state index contributed by atoms with van der Waals surface area (Å²) in [5, 5.41) is 10.5. The van der Waals surface area contributed by atoms with Crippen LogP contribution >= 0.6 is 0 Å². The van der Waals surface area contributed by atoms with Gasteiger partial charge in [0.1, 0.15) is 0 Å². The van der Waals surface area contributed by atoms with E-state index in [1.54, 1.807) is 12.1 Å². The van der Waals surface area contributed by atoms with Crippen LogP contribution in [0.15, 0.2) is 35.2 Å².